The summed E-state index contributed by atoms with van der Waals surface area (Å²) in [6.45, 7) is 15.8. The van der Waals surface area contributed by atoms with Gasteiger partial charge in [-0.25, -0.2) is 35.9 Å². The van der Waals surface area contributed by atoms with Crippen molar-refractivity contribution in [2.24, 2.45) is 0 Å². The molecule has 2 aliphatic rings. The second-order valence-corrected chi connectivity index (χ2v) is 17.6. The zero-order valence-electron chi connectivity index (χ0n) is 29.4. The third-order valence-electron chi connectivity index (χ3n) is 6.06. The SMILES string of the molecule is BrCc1cccnc1.CC(C)(C)OC(=O)NS(=O)(=O)C1(Cc2cccnc2)CC1.CC(C)(C)OC(=O)NS(=O)(=O)C1CC1.[CH2-]CCC.[Li+]. The zero-order chi connectivity index (χ0) is 35.9. The number of rotatable bonds is 8. The minimum atomic E-state index is -3.77. The Kier molecular flexibility index (Phi) is 19.5. The predicted octanol–water partition coefficient (Wildman–Crippen LogP) is 3.62. The number of amides is 2. The summed E-state index contributed by atoms with van der Waals surface area (Å²) < 4.78 is 60.1. The van der Waals surface area contributed by atoms with Gasteiger partial charge in [-0.3, -0.25) is 9.97 Å². The van der Waals surface area contributed by atoms with E-state index in [0.717, 1.165) is 17.3 Å². The quantitative estimate of drug-likeness (QED) is 0.230. The summed E-state index contributed by atoms with van der Waals surface area (Å²) in [7, 11) is -7.25. The summed E-state index contributed by atoms with van der Waals surface area (Å²) >= 11 is 3.32. The predicted molar refractivity (Wildman–Crippen MR) is 187 cm³/mol. The maximum atomic E-state index is 12.4. The number of hydrogen-bond donors (Lipinski definition) is 2. The van der Waals surface area contributed by atoms with Crippen molar-refractivity contribution in [3.8, 4) is 0 Å². The molecule has 2 aliphatic carbocycles. The molecule has 4 rings (SSSR count). The smallest absolute Gasteiger partial charge is 0.443 e. The van der Waals surface area contributed by atoms with E-state index in [0.29, 0.717) is 32.1 Å². The maximum Gasteiger partial charge on any atom is 1.00 e. The number of ether oxygens (including phenoxy) is 2. The molecule has 0 atom stereocenters. The van der Waals surface area contributed by atoms with Gasteiger partial charge in [-0.15, -0.1) is 0 Å². The van der Waals surface area contributed by atoms with Crippen LogP contribution in [0.25, 0.3) is 0 Å². The summed E-state index contributed by atoms with van der Waals surface area (Å²) in [6.07, 6.45) is 9.99. The van der Waals surface area contributed by atoms with Gasteiger partial charge >= 0.3 is 31.0 Å². The Morgan fingerprint density at radius 3 is 1.65 bits per heavy atom. The molecular weight excluding hydrogens is 719 g/mol. The fourth-order valence-corrected chi connectivity index (χ4v) is 6.43. The third-order valence-corrected chi connectivity index (χ3v) is 10.6. The van der Waals surface area contributed by atoms with Crippen molar-refractivity contribution < 1.29 is 54.8 Å². The molecule has 2 amide bonds. The van der Waals surface area contributed by atoms with Crippen LogP contribution < -0.4 is 28.3 Å². The minimum Gasteiger partial charge on any atom is -0.443 e. The van der Waals surface area contributed by atoms with Crippen molar-refractivity contribution in [2.75, 3.05) is 0 Å². The molecule has 48 heavy (non-hydrogen) atoms. The molecule has 0 aliphatic heterocycles. The van der Waals surface area contributed by atoms with Crippen LogP contribution in [0.3, 0.4) is 0 Å². The van der Waals surface area contributed by atoms with E-state index in [9.17, 15) is 26.4 Å². The number of alkyl halides is 1. The van der Waals surface area contributed by atoms with Gasteiger partial charge in [0.2, 0.25) is 20.0 Å². The number of nitrogens with one attached hydrogen (secondary N) is 2. The molecule has 2 N–H and O–H groups in total. The maximum absolute atomic E-state index is 12.4. The Hall–Kier alpha value is -2.18. The number of unbranched alkanes of at least 4 members (excludes halogenated alkanes) is 1. The Balaban J connectivity index is 0.000000703. The Morgan fingerprint density at radius 1 is 0.896 bits per heavy atom. The van der Waals surface area contributed by atoms with Crippen LogP contribution in [0.1, 0.15) is 98.1 Å². The first-order chi connectivity index (χ1) is 21.7. The molecule has 12 nitrogen and oxygen atoms in total. The second-order valence-electron chi connectivity index (χ2n) is 13.0. The van der Waals surface area contributed by atoms with Gasteiger partial charge in [0.1, 0.15) is 11.2 Å². The van der Waals surface area contributed by atoms with Gasteiger partial charge in [0.05, 0.1) is 10.00 Å². The van der Waals surface area contributed by atoms with Crippen LogP contribution in [-0.4, -0.2) is 60.2 Å². The molecule has 0 saturated heterocycles. The van der Waals surface area contributed by atoms with Gasteiger partial charge in [0, 0.05) is 30.1 Å². The molecule has 16 heteroatoms. The van der Waals surface area contributed by atoms with Crippen LogP contribution in [0.15, 0.2) is 49.1 Å². The first-order valence-electron chi connectivity index (χ1n) is 15.3. The van der Waals surface area contributed by atoms with Crippen LogP contribution in [0.2, 0.25) is 0 Å². The fourth-order valence-electron chi connectivity index (χ4n) is 3.43. The number of aromatic nitrogens is 2. The van der Waals surface area contributed by atoms with E-state index in [1.807, 2.05) is 33.8 Å². The van der Waals surface area contributed by atoms with Crippen LogP contribution in [0.4, 0.5) is 9.59 Å². The average molecular weight is 770 g/mol. The number of carbonyl (C=O) groups is 2. The van der Waals surface area contributed by atoms with Gasteiger partial charge in [0.15, 0.2) is 0 Å². The first kappa shape index (κ1) is 45.8. The third kappa shape index (κ3) is 19.1. The topological polar surface area (TPSA) is 171 Å². The molecular formula is C32H50BrLiN4O8S2. The molecule has 0 aromatic carbocycles. The fraction of sp³-hybridized carbons (Fsp3) is 0.594. The van der Waals surface area contributed by atoms with Crippen LogP contribution in [0, 0.1) is 6.92 Å². The van der Waals surface area contributed by atoms with Crippen molar-refractivity contribution in [1.29, 1.82) is 0 Å². The van der Waals surface area contributed by atoms with Gasteiger partial charge < -0.3 is 16.4 Å². The first-order valence-corrected chi connectivity index (χ1v) is 19.5. The Morgan fingerprint density at radius 2 is 1.33 bits per heavy atom. The van der Waals surface area contributed by atoms with E-state index in [1.165, 1.54) is 12.0 Å². The number of sulfonamides is 2. The molecule has 2 aromatic heterocycles. The van der Waals surface area contributed by atoms with Gasteiger partial charge in [0.25, 0.3) is 0 Å². The summed E-state index contributed by atoms with van der Waals surface area (Å²) in [6, 6.07) is 7.55. The molecule has 2 fully saturated rings. The summed E-state index contributed by atoms with van der Waals surface area (Å²) in [5.74, 6) is 0. The van der Waals surface area contributed by atoms with Crippen molar-refractivity contribution in [3.05, 3.63) is 67.1 Å². The number of hydrogen-bond acceptors (Lipinski definition) is 10. The molecule has 0 spiro atoms. The minimum absolute atomic E-state index is 0. The van der Waals surface area contributed by atoms with Crippen molar-refractivity contribution in [1.82, 2.24) is 19.4 Å². The molecule has 0 bridgehead atoms. The van der Waals surface area contributed by atoms with E-state index in [2.05, 4.69) is 39.7 Å². The summed E-state index contributed by atoms with van der Waals surface area (Å²) in [5, 5.41) is 0.482. The molecule has 2 aromatic rings. The zero-order valence-corrected chi connectivity index (χ0v) is 32.6. The molecule has 0 unspecified atom stereocenters. The monoisotopic (exact) mass is 768 g/mol. The molecule has 2 heterocycles. The van der Waals surface area contributed by atoms with Gasteiger partial charge in [-0.1, -0.05) is 41.4 Å². The second kappa shape index (κ2) is 20.5. The number of halogens is 1. The van der Waals surface area contributed by atoms with Crippen LogP contribution in [-0.2, 0) is 41.3 Å². The number of carbonyl (C=O) groups excluding carboxylic acids is 2. The van der Waals surface area contributed by atoms with Crippen LogP contribution in [0.5, 0.6) is 0 Å². The van der Waals surface area contributed by atoms with E-state index in [-0.39, 0.29) is 18.9 Å². The van der Waals surface area contributed by atoms with E-state index >= 15 is 0 Å². The Labute approximate surface area is 307 Å². The van der Waals surface area contributed by atoms with E-state index in [1.54, 1.807) is 66.2 Å². The van der Waals surface area contributed by atoms with Gasteiger partial charge in [-0.2, -0.15) is 6.42 Å². The molecule has 2 saturated carbocycles. The van der Waals surface area contributed by atoms with Crippen molar-refractivity contribution >= 4 is 48.2 Å². The van der Waals surface area contributed by atoms with Crippen molar-refractivity contribution in [3.63, 3.8) is 0 Å². The largest absolute Gasteiger partial charge is 1.00 e. The average Bonchev–Trinajstić information content (AvgIpc) is 3.87. The number of pyridine rings is 2. The Bertz CT molecular complexity index is 1460. The van der Waals surface area contributed by atoms with Crippen LogP contribution >= 0.6 is 15.9 Å². The van der Waals surface area contributed by atoms with E-state index in [4.69, 9.17) is 9.47 Å². The normalized spacial score (nSPS) is 14.8. The molecule has 0 radical (unpaired) electrons. The van der Waals surface area contributed by atoms with Crippen molar-refractivity contribution in [2.45, 2.75) is 120 Å². The van der Waals surface area contributed by atoms with Gasteiger partial charge in [-0.05, 0) is 96.9 Å². The molecule has 266 valence electrons. The summed E-state index contributed by atoms with van der Waals surface area (Å²) in [4.78, 5) is 30.7. The van der Waals surface area contributed by atoms with E-state index < -0.39 is 53.4 Å². The number of nitrogens with zero attached hydrogens (tertiary/aromatic N) is 2. The summed E-state index contributed by atoms with van der Waals surface area (Å²) in [5.41, 5.74) is 0.639. The standard InChI is InChI=1S/C14H20N2O4S.C8H15NO4S.C6H6BrN.C4H9.Li/c1-13(2,3)20-12(17)16-21(18,19)14(6-7-14)9-11-5-4-8-15-10-11;1-8(2,3)13-7(10)9-14(11,12)6-4-5-6;7-4-6-2-1-3-8-5-6;1-3-4-2;/h4-5,8,10H,6-7,9H2,1-3H3,(H,16,17);6H,4-5H2,1-3H3,(H,9,10);1-3,5H,4H2;1,3-4H2,2H3;/q;;;-1;+1.